The van der Waals surface area contributed by atoms with Crippen molar-refractivity contribution < 1.29 is 9.13 Å². The molecule has 0 bridgehead atoms. The van der Waals surface area contributed by atoms with Gasteiger partial charge in [-0.25, -0.2) is 18.9 Å². The van der Waals surface area contributed by atoms with Gasteiger partial charge in [0.2, 0.25) is 0 Å². The Morgan fingerprint density at radius 1 is 1.15 bits per heavy atom. The Balaban J connectivity index is 1.67. The normalized spacial score (nSPS) is 12.3. The third kappa shape index (κ3) is 3.41. The highest BCUT2D eigenvalue weighted by Crippen LogP contribution is 2.32. The SMILES string of the molecule is CC(Oc1cc(-c2ccc3ncnn3c2)cnc1N)c1cc(F)ccc1Cl. The van der Waals surface area contributed by atoms with Crippen molar-refractivity contribution >= 4 is 23.1 Å². The Labute approximate surface area is 159 Å². The van der Waals surface area contributed by atoms with Gasteiger partial charge < -0.3 is 10.5 Å². The molecule has 8 heteroatoms. The molecule has 0 aliphatic rings. The van der Waals surface area contributed by atoms with Gasteiger partial charge in [0.15, 0.2) is 17.2 Å². The molecule has 1 aromatic carbocycles. The quantitative estimate of drug-likeness (QED) is 0.568. The highest BCUT2D eigenvalue weighted by Gasteiger charge is 2.15. The molecule has 4 aromatic rings. The predicted molar refractivity (Wildman–Crippen MR) is 101 cm³/mol. The molecule has 0 saturated carbocycles. The van der Waals surface area contributed by atoms with Crippen molar-refractivity contribution in [3.05, 3.63) is 71.5 Å². The summed E-state index contributed by atoms with van der Waals surface area (Å²) in [6, 6.07) is 9.69. The summed E-state index contributed by atoms with van der Waals surface area (Å²) in [6.45, 7) is 1.77. The summed E-state index contributed by atoms with van der Waals surface area (Å²) < 4.78 is 21.1. The number of hydrogen-bond donors (Lipinski definition) is 1. The molecular formula is C19H15ClFN5O. The molecule has 0 aliphatic heterocycles. The molecule has 0 saturated heterocycles. The van der Waals surface area contributed by atoms with Crippen molar-refractivity contribution in [2.75, 3.05) is 5.73 Å². The van der Waals surface area contributed by atoms with Gasteiger partial charge in [0.1, 0.15) is 18.2 Å². The Kier molecular flexibility index (Phi) is 4.37. The van der Waals surface area contributed by atoms with Crippen LogP contribution in [0.4, 0.5) is 10.2 Å². The summed E-state index contributed by atoms with van der Waals surface area (Å²) in [7, 11) is 0. The molecule has 27 heavy (non-hydrogen) atoms. The van der Waals surface area contributed by atoms with Crippen molar-refractivity contribution in [3.8, 4) is 16.9 Å². The minimum absolute atomic E-state index is 0.236. The number of pyridine rings is 2. The van der Waals surface area contributed by atoms with E-state index in [1.54, 1.807) is 23.7 Å². The topological polar surface area (TPSA) is 78.3 Å². The summed E-state index contributed by atoms with van der Waals surface area (Å²) in [6.07, 6.45) is 4.47. The van der Waals surface area contributed by atoms with Crippen molar-refractivity contribution in [2.45, 2.75) is 13.0 Å². The lowest BCUT2D eigenvalue weighted by atomic mass is 10.1. The number of anilines is 1. The van der Waals surface area contributed by atoms with E-state index in [1.807, 2.05) is 18.3 Å². The Morgan fingerprint density at radius 3 is 2.85 bits per heavy atom. The van der Waals surface area contributed by atoms with Crippen LogP contribution in [0.1, 0.15) is 18.6 Å². The Hall–Kier alpha value is -3.19. The standard InChI is InChI=1S/C19H15ClFN5O/c1-11(15-7-14(21)3-4-16(15)20)27-17-6-13(8-23-19(17)22)12-2-5-18-24-10-25-26(18)9-12/h2-11H,1H3,(H2,22,23). The second-order valence-electron chi connectivity index (χ2n) is 6.01. The number of rotatable bonds is 4. The lowest BCUT2D eigenvalue weighted by molar-refractivity contribution is 0.227. The van der Waals surface area contributed by atoms with Gasteiger partial charge in [-0.05, 0) is 43.3 Å². The number of nitrogen functional groups attached to an aromatic ring is 1. The maximum absolute atomic E-state index is 13.5. The van der Waals surface area contributed by atoms with Crippen LogP contribution in [0.25, 0.3) is 16.8 Å². The summed E-state index contributed by atoms with van der Waals surface area (Å²) in [5.74, 6) is 0.241. The van der Waals surface area contributed by atoms with Gasteiger partial charge in [0.25, 0.3) is 0 Å². The highest BCUT2D eigenvalue weighted by atomic mass is 35.5. The van der Waals surface area contributed by atoms with Crippen molar-refractivity contribution in [1.82, 2.24) is 19.6 Å². The number of benzene rings is 1. The van der Waals surface area contributed by atoms with Gasteiger partial charge in [0.05, 0.1) is 0 Å². The van der Waals surface area contributed by atoms with Crippen molar-refractivity contribution in [3.63, 3.8) is 0 Å². The largest absolute Gasteiger partial charge is 0.482 e. The van der Waals surface area contributed by atoms with Gasteiger partial charge in [-0.3, -0.25) is 0 Å². The molecular weight excluding hydrogens is 369 g/mol. The lowest BCUT2D eigenvalue weighted by Crippen LogP contribution is -2.07. The number of ether oxygens (including phenoxy) is 1. The Morgan fingerprint density at radius 2 is 2.00 bits per heavy atom. The molecule has 1 atom stereocenters. The zero-order valence-corrected chi connectivity index (χ0v) is 15.1. The van der Waals surface area contributed by atoms with Gasteiger partial charge in [-0.1, -0.05) is 11.6 Å². The van der Waals surface area contributed by atoms with E-state index in [0.29, 0.717) is 16.3 Å². The summed E-state index contributed by atoms with van der Waals surface area (Å²) >= 11 is 6.16. The van der Waals surface area contributed by atoms with Crippen molar-refractivity contribution in [2.24, 2.45) is 0 Å². The van der Waals surface area contributed by atoms with E-state index in [2.05, 4.69) is 15.1 Å². The number of nitrogens with two attached hydrogens (primary N) is 1. The fourth-order valence-corrected chi connectivity index (χ4v) is 3.05. The van der Waals surface area contributed by atoms with Crippen LogP contribution in [0.15, 0.2) is 55.1 Å². The smallest absolute Gasteiger partial charge is 0.166 e. The molecule has 3 heterocycles. The molecule has 0 aliphatic carbocycles. The van der Waals surface area contributed by atoms with Crippen LogP contribution in [0.2, 0.25) is 5.02 Å². The first-order valence-electron chi connectivity index (χ1n) is 8.18. The van der Waals surface area contributed by atoms with Crippen LogP contribution in [-0.4, -0.2) is 19.6 Å². The third-order valence-corrected chi connectivity index (χ3v) is 4.53. The van der Waals surface area contributed by atoms with E-state index in [4.69, 9.17) is 22.1 Å². The molecule has 3 aromatic heterocycles. The second kappa shape index (κ2) is 6.85. The molecule has 6 nitrogen and oxygen atoms in total. The minimum Gasteiger partial charge on any atom is -0.482 e. The van der Waals surface area contributed by atoms with Gasteiger partial charge >= 0.3 is 0 Å². The number of nitrogens with zero attached hydrogens (tertiary/aromatic N) is 4. The molecule has 2 N–H and O–H groups in total. The maximum atomic E-state index is 13.5. The van der Waals surface area contributed by atoms with Crippen LogP contribution >= 0.6 is 11.6 Å². The molecule has 1 unspecified atom stereocenters. The molecule has 0 spiro atoms. The van der Waals surface area contributed by atoms with E-state index >= 15 is 0 Å². The lowest BCUT2D eigenvalue weighted by Gasteiger charge is -2.18. The predicted octanol–water partition coefficient (Wildman–Crippen LogP) is 4.31. The van der Waals surface area contributed by atoms with Crippen molar-refractivity contribution in [1.29, 1.82) is 0 Å². The number of fused-ring (bicyclic) bond motifs is 1. The van der Waals surface area contributed by atoms with Crippen LogP contribution in [0.3, 0.4) is 0 Å². The maximum Gasteiger partial charge on any atom is 0.166 e. The van der Waals surface area contributed by atoms with Gasteiger partial charge in [-0.15, -0.1) is 0 Å². The fourth-order valence-electron chi connectivity index (χ4n) is 2.78. The van der Waals surface area contributed by atoms with E-state index in [9.17, 15) is 4.39 Å². The molecule has 0 amide bonds. The minimum atomic E-state index is -0.509. The average Bonchev–Trinajstić information content (AvgIpc) is 3.13. The van der Waals surface area contributed by atoms with E-state index in [0.717, 1.165) is 16.8 Å². The number of hydrogen-bond acceptors (Lipinski definition) is 5. The zero-order valence-electron chi connectivity index (χ0n) is 14.3. The first kappa shape index (κ1) is 17.2. The first-order chi connectivity index (χ1) is 13.0. The summed E-state index contributed by atoms with van der Waals surface area (Å²) in [5, 5.41) is 4.55. The first-order valence-corrected chi connectivity index (χ1v) is 8.56. The van der Waals surface area contributed by atoms with Crippen LogP contribution in [0, 0.1) is 5.82 Å². The molecule has 4 rings (SSSR count). The number of halogens is 2. The molecule has 136 valence electrons. The molecule has 0 fully saturated rings. The second-order valence-corrected chi connectivity index (χ2v) is 6.42. The summed E-state index contributed by atoms with van der Waals surface area (Å²) in [5.41, 5.74) is 8.92. The van der Waals surface area contributed by atoms with Gasteiger partial charge in [-0.2, -0.15) is 5.10 Å². The van der Waals surface area contributed by atoms with Gasteiger partial charge in [0, 0.05) is 34.1 Å². The average molecular weight is 384 g/mol. The Bertz CT molecular complexity index is 1130. The van der Waals surface area contributed by atoms with E-state index in [1.165, 1.54) is 24.5 Å². The van der Waals surface area contributed by atoms with E-state index in [-0.39, 0.29) is 11.6 Å². The molecule has 0 radical (unpaired) electrons. The third-order valence-electron chi connectivity index (χ3n) is 4.19. The monoisotopic (exact) mass is 383 g/mol. The van der Waals surface area contributed by atoms with E-state index < -0.39 is 6.10 Å². The van der Waals surface area contributed by atoms with Crippen LogP contribution in [-0.2, 0) is 0 Å². The fraction of sp³-hybridized carbons (Fsp3) is 0.105. The van der Waals surface area contributed by atoms with Crippen LogP contribution in [0.5, 0.6) is 5.75 Å². The zero-order chi connectivity index (χ0) is 19.0. The van der Waals surface area contributed by atoms with Crippen LogP contribution < -0.4 is 10.5 Å². The highest BCUT2D eigenvalue weighted by molar-refractivity contribution is 6.31. The summed E-state index contributed by atoms with van der Waals surface area (Å²) in [4.78, 5) is 8.33. The number of aromatic nitrogens is 4.